The molecule has 80 valence electrons. The summed E-state index contributed by atoms with van der Waals surface area (Å²) < 4.78 is 17.7. The first-order valence-corrected chi connectivity index (χ1v) is 4.20. The van der Waals surface area contributed by atoms with Gasteiger partial charge in [0.1, 0.15) is 11.6 Å². The van der Waals surface area contributed by atoms with Crippen molar-refractivity contribution in [1.29, 1.82) is 0 Å². The molecule has 0 aromatic heterocycles. The molecule has 0 atom stereocenters. The minimum absolute atomic E-state index is 0.0862. The van der Waals surface area contributed by atoms with Crippen molar-refractivity contribution in [2.24, 2.45) is 0 Å². The van der Waals surface area contributed by atoms with E-state index in [-0.39, 0.29) is 11.3 Å². The predicted octanol–water partition coefficient (Wildman–Crippen LogP) is 0.763. The summed E-state index contributed by atoms with van der Waals surface area (Å²) in [6, 6.07) is 3.42. The number of likely N-dealkylation sites (N-methyl/N-ethyl adjacent to an activating group) is 1. The van der Waals surface area contributed by atoms with Gasteiger partial charge < -0.3 is 10.1 Å². The van der Waals surface area contributed by atoms with Gasteiger partial charge in [0, 0.05) is 7.05 Å². The molecular weight excluding hydrogens is 201 g/mol. The lowest BCUT2D eigenvalue weighted by atomic mass is 10.1. The first kappa shape index (κ1) is 11.2. The molecule has 1 rings (SSSR count). The van der Waals surface area contributed by atoms with Crippen LogP contribution in [0.25, 0.3) is 0 Å². The average Bonchev–Trinajstić information content (AvgIpc) is 2.27. The minimum atomic E-state index is -0.825. The van der Waals surface area contributed by atoms with E-state index in [1.165, 1.54) is 20.2 Å². The number of nitrogens with one attached hydrogen (secondary N) is 1. The van der Waals surface area contributed by atoms with Gasteiger partial charge in [0.25, 0.3) is 11.7 Å². The maximum absolute atomic E-state index is 12.9. The summed E-state index contributed by atoms with van der Waals surface area (Å²) in [5.74, 6) is -2.05. The molecule has 1 aromatic rings. The lowest BCUT2D eigenvalue weighted by Gasteiger charge is -2.06. The van der Waals surface area contributed by atoms with Gasteiger partial charge in [-0.25, -0.2) is 4.39 Å². The largest absolute Gasteiger partial charge is 0.496 e. The van der Waals surface area contributed by atoms with E-state index >= 15 is 0 Å². The number of carbonyl (C=O) groups excluding carboxylic acids is 2. The van der Waals surface area contributed by atoms with Crippen LogP contribution < -0.4 is 10.1 Å². The molecule has 0 fully saturated rings. The van der Waals surface area contributed by atoms with Gasteiger partial charge in [0.2, 0.25) is 0 Å². The number of carbonyl (C=O) groups is 2. The van der Waals surface area contributed by atoms with Crippen LogP contribution in [0.15, 0.2) is 18.2 Å². The zero-order valence-corrected chi connectivity index (χ0v) is 8.33. The summed E-state index contributed by atoms with van der Waals surface area (Å²) in [6.07, 6.45) is 0. The Hall–Kier alpha value is -1.91. The maximum atomic E-state index is 12.9. The number of halogens is 1. The van der Waals surface area contributed by atoms with E-state index in [9.17, 15) is 14.0 Å². The van der Waals surface area contributed by atoms with Crippen LogP contribution >= 0.6 is 0 Å². The van der Waals surface area contributed by atoms with Crippen molar-refractivity contribution < 1.29 is 18.7 Å². The second-order valence-corrected chi connectivity index (χ2v) is 2.75. The fraction of sp³-hybridized carbons (Fsp3) is 0.200. The monoisotopic (exact) mass is 211 g/mol. The molecule has 0 aliphatic carbocycles. The number of rotatable bonds is 3. The van der Waals surface area contributed by atoms with Gasteiger partial charge in [-0.05, 0) is 18.2 Å². The summed E-state index contributed by atoms with van der Waals surface area (Å²) in [4.78, 5) is 22.5. The van der Waals surface area contributed by atoms with Crippen molar-refractivity contribution in [2.45, 2.75) is 0 Å². The topological polar surface area (TPSA) is 55.4 Å². The molecule has 0 bridgehead atoms. The molecule has 0 saturated carbocycles. The Labute approximate surface area is 86.0 Å². The smallest absolute Gasteiger partial charge is 0.292 e. The molecule has 15 heavy (non-hydrogen) atoms. The highest BCUT2D eigenvalue weighted by molar-refractivity contribution is 6.43. The lowest BCUT2D eigenvalue weighted by Crippen LogP contribution is -2.27. The van der Waals surface area contributed by atoms with Crippen molar-refractivity contribution in [1.82, 2.24) is 5.32 Å². The van der Waals surface area contributed by atoms with Crippen LogP contribution in [0.2, 0.25) is 0 Å². The number of Topliss-reactive ketones (excluding diaryl/α,β-unsaturated/α-hetero) is 1. The van der Waals surface area contributed by atoms with Crippen LogP contribution in [0.1, 0.15) is 10.4 Å². The van der Waals surface area contributed by atoms with Crippen molar-refractivity contribution in [3.05, 3.63) is 29.6 Å². The van der Waals surface area contributed by atoms with Crippen molar-refractivity contribution in [2.75, 3.05) is 14.2 Å². The summed E-state index contributed by atoms with van der Waals surface area (Å²) in [7, 11) is 2.67. The third kappa shape index (κ3) is 2.31. The van der Waals surface area contributed by atoms with E-state index in [4.69, 9.17) is 4.74 Å². The number of hydrogen-bond donors (Lipinski definition) is 1. The maximum Gasteiger partial charge on any atom is 0.292 e. The number of ketones is 1. The Morgan fingerprint density at radius 2 is 2.07 bits per heavy atom. The van der Waals surface area contributed by atoms with E-state index in [1.807, 2.05) is 0 Å². The number of amides is 1. The molecule has 0 saturated heterocycles. The fourth-order valence-electron chi connectivity index (χ4n) is 1.09. The molecule has 0 radical (unpaired) electrons. The molecule has 0 heterocycles. The van der Waals surface area contributed by atoms with Gasteiger partial charge >= 0.3 is 0 Å². The Balaban J connectivity index is 3.17. The standard InChI is InChI=1S/C10H10FNO3/c1-12-10(14)9(13)7-5-6(11)3-4-8(7)15-2/h3-5H,1-2H3,(H,12,14). The molecule has 4 nitrogen and oxygen atoms in total. The van der Waals surface area contributed by atoms with Gasteiger partial charge in [-0.3, -0.25) is 9.59 Å². The Kier molecular flexibility index (Phi) is 3.38. The number of benzene rings is 1. The van der Waals surface area contributed by atoms with Gasteiger partial charge in [0.15, 0.2) is 0 Å². The molecule has 0 aliphatic rings. The van der Waals surface area contributed by atoms with E-state index in [0.717, 1.165) is 12.1 Å². The second kappa shape index (κ2) is 4.54. The summed E-state index contributed by atoms with van der Waals surface area (Å²) >= 11 is 0. The van der Waals surface area contributed by atoms with Crippen molar-refractivity contribution >= 4 is 11.7 Å². The number of hydrogen-bond acceptors (Lipinski definition) is 3. The lowest BCUT2D eigenvalue weighted by molar-refractivity contribution is -0.116. The van der Waals surface area contributed by atoms with Gasteiger partial charge in [-0.15, -0.1) is 0 Å². The highest BCUT2D eigenvalue weighted by atomic mass is 19.1. The van der Waals surface area contributed by atoms with E-state index in [2.05, 4.69) is 5.32 Å². The van der Waals surface area contributed by atoms with Crippen LogP contribution in [-0.4, -0.2) is 25.8 Å². The highest BCUT2D eigenvalue weighted by Gasteiger charge is 2.19. The van der Waals surface area contributed by atoms with Crippen molar-refractivity contribution in [3.8, 4) is 5.75 Å². The number of ether oxygens (including phenoxy) is 1. The molecule has 0 spiro atoms. The predicted molar refractivity (Wildman–Crippen MR) is 51.3 cm³/mol. The quantitative estimate of drug-likeness (QED) is 0.593. The molecule has 0 aliphatic heterocycles. The highest BCUT2D eigenvalue weighted by Crippen LogP contribution is 2.19. The molecule has 1 aromatic carbocycles. The second-order valence-electron chi connectivity index (χ2n) is 2.75. The van der Waals surface area contributed by atoms with Gasteiger partial charge in [0.05, 0.1) is 12.7 Å². The summed E-state index contributed by atoms with van der Waals surface area (Å²) in [6.45, 7) is 0. The molecular formula is C10H10FNO3. The van der Waals surface area contributed by atoms with Crippen LogP contribution in [0.4, 0.5) is 4.39 Å². The number of methoxy groups -OCH3 is 1. The first-order chi connectivity index (χ1) is 7.10. The Morgan fingerprint density at radius 1 is 1.40 bits per heavy atom. The zero-order valence-electron chi connectivity index (χ0n) is 8.33. The SMILES string of the molecule is CNC(=O)C(=O)c1cc(F)ccc1OC. The van der Waals surface area contributed by atoms with Gasteiger partial charge in [-0.1, -0.05) is 0 Å². The van der Waals surface area contributed by atoms with Gasteiger partial charge in [-0.2, -0.15) is 0 Å². The van der Waals surface area contributed by atoms with Crippen LogP contribution in [0.5, 0.6) is 5.75 Å². The molecule has 1 N–H and O–H groups in total. The Morgan fingerprint density at radius 3 is 2.60 bits per heavy atom. The third-order valence-corrected chi connectivity index (χ3v) is 1.84. The van der Waals surface area contributed by atoms with Crippen LogP contribution in [0, 0.1) is 5.82 Å². The zero-order chi connectivity index (χ0) is 11.4. The fourth-order valence-corrected chi connectivity index (χ4v) is 1.09. The summed E-state index contributed by atoms with van der Waals surface area (Å²) in [5.41, 5.74) is -0.0862. The average molecular weight is 211 g/mol. The molecule has 0 unspecified atom stereocenters. The van der Waals surface area contributed by atoms with E-state index in [1.54, 1.807) is 0 Å². The Bertz CT molecular complexity index is 404. The van der Waals surface area contributed by atoms with Crippen molar-refractivity contribution in [3.63, 3.8) is 0 Å². The first-order valence-electron chi connectivity index (χ1n) is 4.20. The van der Waals surface area contributed by atoms with E-state index in [0.29, 0.717) is 0 Å². The molecule has 5 heteroatoms. The minimum Gasteiger partial charge on any atom is -0.496 e. The van der Waals surface area contributed by atoms with Crippen LogP contribution in [0.3, 0.4) is 0 Å². The van der Waals surface area contributed by atoms with E-state index < -0.39 is 17.5 Å². The van der Waals surface area contributed by atoms with Crippen LogP contribution in [-0.2, 0) is 4.79 Å². The summed E-state index contributed by atoms with van der Waals surface area (Å²) in [5, 5.41) is 2.17. The normalized spacial score (nSPS) is 9.53. The third-order valence-electron chi connectivity index (χ3n) is 1.84. The molecule has 1 amide bonds.